The van der Waals surface area contributed by atoms with Crippen molar-refractivity contribution in [3.8, 4) is 0 Å². The van der Waals surface area contributed by atoms with Crippen molar-refractivity contribution in [2.24, 2.45) is 0 Å². The van der Waals surface area contributed by atoms with Crippen LogP contribution in [0.15, 0.2) is 53.4 Å². The van der Waals surface area contributed by atoms with Gasteiger partial charge in [0.1, 0.15) is 0 Å². The third-order valence-corrected chi connectivity index (χ3v) is 4.55. The Morgan fingerprint density at radius 1 is 0.958 bits per heavy atom. The number of para-hydroxylation sites is 1. The molecule has 0 heterocycles. The van der Waals surface area contributed by atoms with Crippen molar-refractivity contribution in [1.82, 2.24) is 10.0 Å². The molecule has 2 aromatic rings. The maximum absolute atomic E-state index is 12.2. The molecular weight excluding hydrogens is 330 g/mol. The number of benzene rings is 2. The fraction of sp³-hybridized carbons (Fsp3) is 0.125. The first-order valence-electron chi connectivity index (χ1n) is 7.05. The summed E-state index contributed by atoms with van der Waals surface area (Å²) in [6.07, 6.45) is 0. The molecule has 0 atom stereocenters. The van der Waals surface area contributed by atoms with Crippen LogP contribution in [0.5, 0.6) is 0 Å². The Morgan fingerprint density at radius 2 is 1.58 bits per heavy atom. The van der Waals surface area contributed by atoms with E-state index in [2.05, 4.69) is 10.6 Å². The zero-order valence-electron chi connectivity index (χ0n) is 13.2. The molecule has 0 spiro atoms. The molecule has 3 N–H and O–H groups in total. The number of hydrogen-bond acceptors (Lipinski definition) is 4. The van der Waals surface area contributed by atoms with Crippen LogP contribution in [-0.2, 0) is 10.0 Å². The Labute approximate surface area is 140 Å². The summed E-state index contributed by atoms with van der Waals surface area (Å²) in [4.78, 5) is 23.7. The molecule has 0 aromatic heterocycles. The highest BCUT2D eigenvalue weighted by molar-refractivity contribution is 7.90. The maximum Gasteiger partial charge on any atom is 0.333 e. The number of anilines is 1. The normalized spacial score (nSPS) is 10.8. The van der Waals surface area contributed by atoms with Crippen molar-refractivity contribution in [3.63, 3.8) is 0 Å². The molecule has 2 aromatic carbocycles. The summed E-state index contributed by atoms with van der Waals surface area (Å²) in [5, 5.41) is 4.82. The topological polar surface area (TPSA) is 104 Å². The number of nitrogens with one attached hydrogen (secondary N) is 3. The van der Waals surface area contributed by atoms with E-state index in [4.69, 9.17) is 0 Å². The van der Waals surface area contributed by atoms with E-state index >= 15 is 0 Å². The molecule has 2 rings (SSSR count). The van der Waals surface area contributed by atoms with Crippen molar-refractivity contribution in [2.75, 3.05) is 12.4 Å². The lowest BCUT2D eigenvalue weighted by atomic mass is 10.1. The predicted molar refractivity (Wildman–Crippen MR) is 90.4 cm³/mol. The molecule has 0 aliphatic carbocycles. The number of amides is 3. The van der Waals surface area contributed by atoms with Crippen molar-refractivity contribution in [1.29, 1.82) is 0 Å². The van der Waals surface area contributed by atoms with Gasteiger partial charge in [-0.05, 0) is 31.2 Å². The lowest BCUT2D eigenvalue weighted by Crippen LogP contribution is -2.35. The molecule has 0 fully saturated rings. The Kier molecular flexibility index (Phi) is 5.20. The van der Waals surface area contributed by atoms with Crippen LogP contribution < -0.4 is 15.4 Å². The van der Waals surface area contributed by atoms with Crippen LogP contribution in [0.1, 0.15) is 15.9 Å². The number of carbonyl (C=O) groups excluding carboxylic acids is 2. The molecular formula is C16H17N3O4S. The summed E-state index contributed by atoms with van der Waals surface area (Å²) in [5.41, 5.74) is 1.33. The Morgan fingerprint density at radius 3 is 2.21 bits per heavy atom. The molecule has 0 radical (unpaired) electrons. The lowest BCUT2D eigenvalue weighted by molar-refractivity contribution is 0.0964. The molecule has 8 heteroatoms. The van der Waals surface area contributed by atoms with Gasteiger partial charge in [0.15, 0.2) is 0 Å². The fourth-order valence-electron chi connectivity index (χ4n) is 1.97. The van der Waals surface area contributed by atoms with Crippen LogP contribution >= 0.6 is 0 Å². The zero-order chi connectivity index (χ0) is 17.7. The molecule has 24 heavy (non-hydrogen) atoms. The Hall–Kier alpha value is -2.87. The molecule has 0 aliphatic heterocycles. The minimum Gasteiger partial charge on any atom is -0.355 e. The molecule has 126 valence electrons. The van der Waals surface area contributed by atoms with Gasteiger partial charge < -0.3 is 10.6 Å². The number of aryl methyl sites for hydroxylation is 1. The van der Waals surface area contributed by atoms with Crippen LogP contribution in [-0.4, -0.2) is 27.4 Å². The van der Waals surface area contributed by atoms with Crippen molar-refractivity contribution >= 4 is 27.6 Å². The van der Waals surface area contributed by atoms with E-state index in [9.17, 15) is 18.0 Å². The average molecular weight is 347 g/mol. The summed E-state index contributed by atoms with van der Waals surface area (Å²) in [6, 6.07) is 11.4. The highest BCUT2D eigenvalue weighted by Crippen LogP contribution is 2.15. The monoisotopic (exact) mass is 347 g/mol. The van der Waals surface area contributed by atoms with E-state index in [-0.39, 0.29) is 16.1 Å². The molecule has 3 amide bonds. The smallest absolute Gasteiger partial charge is 0.333 e. The first-order valence-corrected chi connectivity index (χ1v) is 8.53. The van der Waals surface area contributed by atoms with Gasteiger partial charge in [0.05, 0.1) is 16.1 Å². The third kappa shape index (κ3) is 4.11. The van der Waals surface area contributed by atoms with Gasteiger partial charge in [0.2, 0.25) is 0 Å². The van der Waals surface area contributed by atoms with Gasteiger partial charge in [-0.15, -0.1) is 0 Å². The van der Waals surface area contributed by atoms with Gasteiger partial charge in [0.25, 0.3) is 15.9 Å². The van der Waals surface area contributed by atoms with Crippen molar-refractivity contribution < 1.29 is 18.0 Å². The number of rotatable bonds is 4. The van der Waals surface area contributed by atoms with E-state index < -0.39 is 22.0 Å². The number of hydrogen-bond donors (Lipinski definition) is 3. The largest absolute Gasteiger partial charge is 0.355 e. The molecule has 0 bridgehead atoms. The van der Waals surface area contributed by atoms with Gasteiger partial charge in [-0.25, -0.2) is 17.9 Å². The van der Waals surface area contributed by atoms with Crippen LogP contribution in [0.4, 0.5) is 10.5 Å². The summed E-state index contributed by atoms with van der Waals surface area (Å²) >= 11 is 0. The van der Waals surface area contributed by atoms with Crippen LogP contribution in [0.3, 0.4) is 0 Å². The maximum atomic E-state index is 12.2. The second-order valence-corrected chi connectivity index (χ2v) is 6.68. The number of urea groups is 1. The highest BCUT2D eigenvalue weighted by atomic mass is 32.2. The summed E-state index contributed by atoms with van der Waals surface area (Å²) in [5.74, 6) is -0.396. The fourth-order valence-corrected chi connectivity index (χ4v) is 2.88. The summed E-state index contributed by atoms with van der Waals surface area (Å²) < 4.78 is 26.3. The standard InChI is InChI=1S/C16H17N3O4S/c1-11-7-9-12(10-8-11)24(22,23)19-16(21)18-14-6-4-3-5-13(14)15(20)17-2/h3-10H,1-2H3,(H,17,20)(H2,18,19,21). The van der Waals surface area contributed by atoms with E-state index in [1.807, 2.05) is 11.6 Å². The van der Waals surface area contributed by atoms with Gasteiger partial charge in [-0.3, -0.25) is 4.79 Å². The van der Waals surface area contributed by atoms with E-state index in [1.54, 1.807) is 24.3 Å². The molecule has 0 unspecified atom stereocenters. The Bertz CT molecular complexity index is 861. The van der Waals surface area contributed by atoms with E-state index in [1.165, 1.54) is 31.3 Å². The second kappa shape index (κ2) is 7.14. The second-order valence-electron chi connectivity index (χ2n) is 5.00. The van der Waals surface area contributed by atoms with Gasteiger partial charge >= 0.3 is 6.03 Å². The van der Waals surface area contributed by atoms with Gasteiger partial charge in [-0.1, -0.05) is 29.8 Å². The van der Waals surface area contributed by atoms with E-state index in [0.29, 0.717) is 0 Å². The number of sulfonamides is 1. The highest BCUT2D eigenvalue weighted by Gasteiger charge is 2.19. The first-order chi connectivity index (χ1) is 11.3. The minimum absolute atomic E-state index is 0.0252. The van der Waals surface area contributed by atoms with Gasteiger partial charge in [0, 0.05) is 7.05 Å². The van der Waals surface area contributed by atoms with Crippen molar-refractivity contribution in [2.45, 2.75) is 11.8 Å². The summed E-state index contributed by atoms with van der Waals surface area (Å²) in [7, 11) is -2.54. The first kappa shape index (κ1) is 17.5. The number of carbonyl (C=O) groups is 2. The molecule has 0 saturated heterocycles. The quantitative estimate of drug-likeness (QED) is 0.785. The van der Waals surface area contributed by atoms with Crippen molar-refractivity contribution in [3.05, 3.63) is 59.7 Å². The third-order valence-electron chi connectivity index (χ3n) is 3.21. The lowest BCUT2D eigenvalue weighted by Gasteiger charge is -2.11. The summed E-state index contributed by atoms with van der Waals surface area (Å²) in [6.45, 7) is 1.83. The minimum atomic E-state index is -4.00. The van der Waals surface area contributed by atoms with Crippen LogP contribution in [0.25, 0.3) is 0 Å². The SMILES string of the molecule is CNC(=O)c1ccccc1NC(=O)NS(=O)(=O)c1ccc(C)cc1. The van der Waals surface area contributed by atoms with E-state index in [0.717, 1.165) is 5.56 Å². The van der Waals surface area contributed by atoms with Crippen LogP contribution in [0.2, 0.25) is 0 Å². The molecule has 7 nitrogen and oxygen atoms in total. The predicted octanol–water partition coefficient (Wildman–Crippen LogP) is 1.87. The Balaban J connectivity index is 2.17. The van der Waals surface area contributed by atoms with Crippen LogP contribution in [0, 0.1) is 6.92 Å². The molecule has 0 saturated carbocycles. The molecule has 0 aliphatic rings. The average Bonchev–Trinajstić information content (AvgIpc) is 2.54. The van der Waals surface area contributed by atoms with Gasteiger partial charge in [-0.2, -0.15) is 0 Å². The zero-order valence-corrected chi connectivity index (χ0v) is 14.0.